The molecule has 2 heterocycles. The average Bonchev–Trinajstić information content (AvgIpc) is 3.14. The van der Waals surface area contributed by atoms with Crippen LogP contribution in [0.1, 0.15) is 56.8 Å². The minimum Gasteiger partial charge on any atom is -0.339 e. The van der Waals surface area contributed by atoms with Crippen LogP contribution in [0.25, 0.3) is 0 Å². The van der Waals surface area contributed by atoms with Crippen LogP contribution in [0.5, 0.6) is 0 Å². The van der Waals surface area contributed by atoms with E-state index in [0.717, 1.165) is 25.9 Å². The lowest BCUT2D eigenvalue weighted by molar-refractivity contribution is 0.0644. The van der Waals surface area contributed by atoms with Gasteiger partial charge in [0.05, 0.1) is 5.02 Å². The van der Waals surface area contributed by atoms with Crippen LogP contribution in [0.2, 0.25) is 5.02 Å². The van der Waals surface area contributed by atoms with Crippen LogP contribution in [0.15, 0.2) is 23.1 Å². The maximum absolute atomic E-state index is 13.0. The number of benzene rings is 1. The average molecular weight is 428 g/mol. The van der Waals surface area contributed by atoms with Crippen molar-refractivity contribution in [2.24, 2.45) is 0 Å². The fourth-order valence-electron chi connectivity index (χ4n) is 4.02. The number of rotatable bonds is 4. The van der Waals surface area contributed by atoms with Crippen LogP contribution in [0, 0.1) is 0 Å². The zero-order valence-corrected chi connectivity index (χ0v) is 18.4. The Balaban J connectivity index is 1.73. The summed E-state index contributed by atoms with van der Waals surface area (Å²) >= 11 is 6.14. The Bertz CT molecular complexity index is 822. The molecule has 1 N–H and O–H groups in total. The number of halogens is 1. The highest BCUT2D eigenvalue weighted by atomic mass is 35.5. The maximum atomic E-state index is 13.0. The minimum atomic E-state index is -3.81. The summed E-state index contributed by atoms with van der Waals surface area (Å²) in [7, 11) is -3.81. The molecule has 0 radical (unpaired) electrons. The van der Waals surface area contributed by atoms with E-state index < -0.39 is 15.6 Å². The largest absolute Gasteiger partial charge is 0.339 e. The summed E-state index contributed by atoms with van der Waals surface area (Å²) in [4.78, 5) is 17.3. The van der Waals surface area contributed by atoms with Crippen molar-refractivity contribution in [1.29, 1.82) is 0 Å². The summed E-state index contributed by atoms with van der Waals surface area (Å²) < 4.78 is 28.0. The molecule has 2 aliphatic rings. The first-order valence-electron chi connectivity index (χ1n) is 9.94. The quantitative estimate of drug-likeness (QED) is 0.801. The second-order valence-corrected chi connectivity index (χ2v) is 10.8. The van der Waals surface area contributed by atoms with Gasteiger partial charge in [0.2, 0.25) is 10.0 Å². The lowest BCUT2D eigenvalue weighted by atomic mass is 10.0. The van der Waals surface area contributed by atoms with Gasteiger partial charge in [0.1, 0.15) is 4.90 Å². The molecular formula is C20H30ClN3O3S. The Morgan fingerprint density at radius 1 is 1.11 bits per heavy atom. The molecule has 1 aromatic carbocycles. The number of carbonyl (C=O) groups is 1. The Morgan fingerprint density at radius 2 is 1.71 bits per heavy atom. The molecule has 156 valence electrons. The maximum Gasteiger partial charge on any atom is 0.253 e. The Kier molecular flexibility index (Phi) is 6.39. The van der Waals surface area contributed by atoms with Gasteiger partial charge in [-0.15, -0.1) is 0 Å². The first-order chi connectivity index (χ1) is 13.1. The first kappa shape index (κ1) is 21.6. The van der Waals surface area contributed by atoms with Crippen LogP contribution in [-0.2, 0) is 10.0 Å². The Hall–Kier alpha value is -1.15. The highest BCUT2D eigenvalue weighted by molar-refractivity contribution is 7.89. The third-order valence-electron chi connectivity index (χ3n) is 5.32. The fraction of sp³-hybridized carbons (Fsp3) is 0.650. The number of likely N-dealkylation sites (tertiary alicyclic amines) is 2. The van der Waals surface area contributed by atoms with Gasteiger partial charge in [-0.2, -0.15) is 0 Å². The summed E-state index contributed by atoms with van der Waals surface area (Å²) in [6, 6.07) is 5.05. The standard InChI is InChI=1S/C20H30ClN3O3S/c1-20(2,3)22-28(26,27)18-14-15(6-7-17(18)21)19(25)24-12-8-16(9-13-24)23-10-4-5-11-23/h6-7,14,16,22H,4-5,8-13H2,1-3H3. The van der Waals surface area contributed by atoms with E-state index in [0.29, 0.717) is 24.7 Å². The molecule has 1 aromatic rings. The smallest absolute Gasteiger partial charge is 0.253 e. The molecule has 0 saturated carbocycles. The summed E-state index contributed by atoms with van der Waals surface area (Å²) in [5.74, 6) is -0.135. The van der Waals surface area contributed by atoms with Crippen molar-refractivity contribution in [1.82, 2.24) is 14.5 Å². The van der Waals surface area contributed by atoms with Crippen LogP contribution in [0.4, 0.5) is 0 Å². The van der Waals surface area contributed by atoms with Crippen LogP contribution >= 0.6 is 11.6 Å². The van der Waals surface area contributed by atoms with E-state index in [9.17, 15) is 13.2 Å². The number of piperidine rings is 1. The minimum absolute atomic E-state index is 0.0538. The number of sulfonamides is 1. The van der Waals surface area contributed by atoms with Gasteiger partial charge in [-0.1, -0.05) is 11.6 Å². The molecule has 2 aliphatic heterocycles. The summed E-state index contributed by atoms with van der Waals surface area (Å²) in [5, 5.41) is 0.112. The summed E-state index contributed by atoms with van der Waals surface area (Å²) in [6.45, 7) is 9.01. The fourth-order valence-corrected chi connectivity index (χ4v) is 5.97. The first-order valence-corrected chi connectivity index (χ1v) is 11.8. The molecule has 0 unspecified atom stereocenters. The molecule has 8 heteroatoms. The van der Waals surface area contributed by atoms with Crippen molar-refractivity contribution in [3.05, 3.63) is 28.8 Å². The van der Waals surface area contributed by atoms with E-state index in [2.05, 4.69) is 9.62 Å². The SMILES string of the molecule is CC(C)(C)NS(=O)(=O)c1cc(C(=O)N2CCC(N3CCCC3)CC2)ccc1Cl. The van der Waals surface area contributed by atoms with E-state index in [4.69, 9.17) is 11.6 Å². The summed E-state index contributed by atoms with van der Waals surface area (Å²) in [5.41, 5.74) is -0.280. The van der Waals surface area contributed by atoms with Crippen molar-refractivity contribution in [3.8, 4) is 0 Å². The van der Waals surface area contributed by atoms with Crippen molar-refractivity contribution in [2.45, 2.75) is 62.9 Å². The lowest BCUT2D eigenvalue weighted by Gasteiger charge is -2.36. The van der Waals surface area contributed by atoms with E-state index >= 15 is 0 Å². The topological polar surface area (TPSA) is 69.7 Å². The van der Waals surface area contributed by atoms with Gasteiger partial charge in [0.25, 0.3) is 5.91 Å². The third-order valence-corrected chi connectivity index (χ3v) is 7.56. The van der Waals surface area contributed by atoms with Crippen LogP contribution in [0.3, 0.4) is 0 Å². The third kappa shape index (κ3) is 5.06. The molecule has 6 nitrogen and oxygen atoms in total. The van der Waals surface area contributed by atoms with Gasteiger partial charge in [0.15, 0.2) is 0 Å². The highest BCUT2D eigenvalue weighted by Crippen LogP contribution is 2.26. The zero-order valence-electron chi connectivity index (χ0n) is 16.9. The molecule has 1 amide bonds. The molecule has 0 aromatic heterocycles. The molecule has 0 bridgehead atoms. The molecule has 0 aliphatic carbocycles. The second kappa shape index (κ2) is 8.30. The van der Waals surface area contributed by atoms with E-state index in [1.54, 1.807) is 26.8 Å². The number of amides is 1. The van der Waals surface area contributed by atoms with Gasteiger partial charge in [0, 0.05) is 30.2 Å². The molecule has 3 rings (SSSR count). The molecule has 28 heavy (non-hydrogen) atoms. The molecule has 0 spiro atoms. The van der Waals surface area contributed by atoms with Crippen molar-refractivity contribution < 1.29 is 13.2 Å². The molecule has 2 fully saturated rings. The second-order valence-electron chi connectivity index (χ2n) is 8.77. The van der Waals surface area contributed by atoms with Crippen molar-refractivity contribution >= 4 is 27.5 Å². The van der Waals surface area contributed by atoms with Gasteiger partial charge in [-0.3, -0.25) is 4.79 Å². The lowest BCUT2D eigenvalue weighted by Crippen LogP contribution is -2.46. The Morgan fingerprint density at radius 3 is 2.29 bits per heavy atom. The Labute approximate surface area is 173 Å². The van der Waals surface area contributed by atoms with E-state index in [-0.39, 0.29) is 15.8 Å². The normalized spacial score (nSPS) is 19.9. The van der Waals surface area contributed by atoms with Crippen LogP contribution in [-0.4, -0.2) is 61.9 Å². The van der Waals surface area contributed by atoms with Crippen molar-refractivity contribution in [3.63, 3.8) is 0 Å². The van der Waals surface area contributed by atoms with E-state index in [1.165, 1.54) is 25.0 Å². The highest BCUT2D eigenvalue weighted by Gasteiger charge is 2.30. The predicted molar refractivity (Wildman–Crippen MR) is 111 cm³/mol. The molecule has 0 atom stereocenters. The summed E-state index contributed by atoms with van der Waals surface area (Å²) in [6.07, 6.45) is 4.47. The molecule has 2 saturated heterocycles. The van der Waals surface area contributed by atoms with Gasteiger partial charge >= 0.3 is 0 Å². The number of hydrogen-bond donors (Lipinski definition) is 1. The van der Waals surface area contributed by atoms with Crippen LogP contribution < -0.4 is 4.72 Å². The molecular weight excluding hydrogens is 398 g/mol. The van der Waals surface area contributed by atoms with Crippen molar-refractivity contribution in [2.75, 3.05) is 26.2 Å². The number of nitrogens with one attached hydrogen (secondary N) is 1. The monoisotopic (exact) mass is 427 g/mol. The number of nitrogens with zero attached hydrogens (tertiary/aromatic N) is 2. The van der Waals surface area contributed by atoms with E-state index in [1.807, 2.05) is 4.90 Å². The van der Waals surface area contributed by atoms with Gasteiger partial charge < -0.3 is 9.80 Å². The number of carbonyl (C=O) groups excluding carboxylic acids is 1. The number of hydrogen-bond acceptors (Lipinski definition) is 4. The predicted octanol–water partition coefficient (Wildman–Crippen LogP) is 3.12. The van der Waals surface area contributed by atoms with Gasteiger partial charge in [-0.05, 0) is 77.7 Å². The zero-order chi connectivity index (χ0) is 20.5. The van der Waals surface area contributed by atoms with Gasteiger partial charge in [-0.25, -0.2) is 13.1 Å².